The van der Waals surface area contributed by atoms with Gasteiger partial charge in [-0.3, -0.25) is 0 Å². The van der Waals surface area contributed by atoms with Crippen molar-refractivity contribution in [3.8, 4) is 0 Å². The van der Waals surface area contributed by atoms with Gasteiger partial charge in [0.25, 0.3) is 0 Å². The Kier molecular flexibility index (Phi) is 3.50. The smallest absolute Gasteiger partial charge is 0.0123 e. The zero-order valence-electron chi connectivity index (χ0n) is 10.4. The number of unbranched alkanes of at least 4 members (excludes halogenated alkanes) is 1. The summed E-state index contributed by atoms with van der Waals surface area (Å²) in [5, 5.41) is 0. The molecular weight excluding hydrogens is 182 g/mol. The van der Waals surface area contributed by atoms with Crippen LogP contribution in [0.1, 0.15) is 39.0 Å². The predicted molar refractivity (Wildman–Crippen MR) is 65.8 cm³/mol. The Labute approximate surface area is 94.5 Å². The fraction of sp³-hybridized carbons (Fsp3) is 0.857. The van der Waals surface area contributed by atoms with Gasteiger partial charge in [0.05, 0.1) is 0 Å². The molecule has 2 aliphatic carbocycles. The SMILES string of the molecule is CCCCC(C1CC2C=CC1C2)N(C)C. The third-order valence-corrected chi connectivity index (χ3v) is 4.34. The lowest BCUT2D eigenvalue weighted by Gasteiger charge is -2.33. The van der Waals surface area contributed by atoms with Gasteiger partial charge in [-0.25, -0.2) is 0 Å². The molecule has 0 aromatic carbocycles. The van der Waals surface area contributed by atoms with Gasteiger partial charge in [0, 0.05) is 6.04 Å². The van der Waals surface area contributed by atoms with Gasteiger partial charge in [0.1, 0.15) is 0 Å². The lowest BCUT2D eigenvalue weighted by atomic mass is 9.84. The molecule has 0 heterocycles. The molecule has 2 aliphatic rings. The summed E-state index contributed by atoms with van der Waals surface area (Å²) in [7, 11) is 4.52. The second-order valence-electron chi connectivity index (χ2n) is 5.62. The van der Waals surface area contributed by atoms with Gasteiger partial charge in [-0.05, 0) is 51.1 Å². The maximum absolute atomic E-state index is 2.49. The molecule has 2 bridgehead atoms. The molecule has 1 fully saturated rings. The fourth-order valence-corrected chi connectivity index (χ4v) is 3.53. The summed E-state index contributed by atoms with van der Waals surface area (Å²) in [6.07, 6.45) is 12.0. The van der Waals surface area contributed by atoms with Crippen molar-refractivity contribution in [3.63, 3.8) is 0 Å². The van der Waals surface area contributed by atoms with E-state index in [1.54, 1.807) is 0 Å². The summed E-state index contributed by atoms with van der Waals surface area (Å²) < 4.78 is 0. The molecule has 1 nitrogen and oxygen atoms in total. The van der Waals surface area contributed by atoms with E-state index in [9.17, 15) is 0 Å². The van der Waals surface area contributed by atoms with E-state index < -0.39 is 0 Å². The molecule has 0 N–H and O–H groups in total. The Morgan fingerprint density at radius 2 is 2.07 bits per heavy atom. The van der Waals surface area contributed by atoms with E-state index in [2.05, 4.69) is 38.1 Å². The van der Waals surface area contributed by atoms with Crippen molar-refractivity contribution in [3.05, 3.63) is 12.2 Å². The zero-order valence-corrected chi connectivity index (χ0v) is 10.4. The predicted octanol–water partition coefficient (Wildman–Crippen LogP) is 3.32. The van der Waals surface area contributed by atoms with Crippen LogP contribution in [0.3, 0.4) is 0 Å². The summed E-state index contributed by atoms with van der Waals surface area (Å²) in [5.41, 5.74) is 0. The lowest BCUT2D eigenvalue weighted by Crippen LogP contribution is -2.37. The number of hydrogen-bond acceptors (Lipinski definition) is 1. The molecule has 0 amide bonds. The van der Waals surface area contributed by atoms with Gasteiger partial charge in [-0.2, -0.15) is 0 Å². The Hall–Kier alpha value is -0.300. The molecule has 0 aliphatic heterocycles. The van der Waals surface area contributed by atoms with Crippen LogP contribution in [0.15, 0.2) is 12.2 Å². The highest BCUT2D eigenvalue weighted by Gasteiger charge is 2.40. The molecule has 15 heavy (non-hydrogen) atoms. The standard InChI is InChI=1S/C14H25N/c1-4-5-6-14(15(2)3)13-10-11-7-8-12(13)9-11/h7-8,11-14H,4-6,9-10H2,1-3H3. The summed E-state index contributed by atoms with van der Waals surface area (Å²) in [6, 6.07) is 0.824. The number of allylic oxidation sites excluding steroid dienone is 2. The van der Waals surface area contributed by atoms with Gasteiger partial charge in [-0.1, -0.05) is 31.9 Å². The van der Waals surface area contributed by atoms with E-state index in [0.717, 1.165) is 23.8 Å². The van der Waals surface area contributed by atoms with E-state index >= 15 is 0 Å². The first-order valence-corrected chi connectivity index (χ1v) is 6.57. The molecule has 1 heteroatoms. The number of rotatable bonds is 5. The Morgan fingerprint density at radius 3 is 2.53 bits per heavy atom. The Balaban J connectivity index is 1.96. The molecule has 1 saturated carbocycles. The van der Waals surface area contributed by atoms with Crippen LogP contribution in [0.25, 0.3) is 0 Å². The first kappa shape index (κ1) is 11.2. The highest BCUT2D eigenvalue weighted by molar-refractivity contribution is 5.12. The molecule has 4 unspecified atom stereocenters. The normalized spacial score (nSPS) is 35.3. The molecule has 0 radical (unpaired) electrons. The van der Waals surface area contributed by atoms with E-state index in [1.807, 2.05) is 0 Å². The van der Waals surface area contributed by atoms with E-state index in [4.69, 9.17) is 0 Å². The average Bonchev–Trinajstić information content (AvgIpc) is 2.79. The van der Waals surface area contributed by atoms with E-state index in [-0.39, 0.29) is 0 Å². The largest absolute Gasteiger partial charge is 0.306 e. The quantitative estimate of drug-likeness (QED) is 0.625. The molecule has 86 valence electrons. The van der Waals surface area contributed by atoms with Crippen LogP contribution >= 0.6 is 0 Å². The monoisotopic (exact) mass is 207 g/mol. The maximum Gasteiger partial charge on any atom is 0.0123 e. The van der Waals surface area contributed by atoms with Crippen LogP contribution in [0, 0.1) is 17.8 Å². The van der Waals surface area contributed by atoms with Crippen molar-refractivity contribution in [2.75, 3.05) is 14.1 Å². The average molecular weight is 207 g/mol. The minimum Gasteiger partial charge on any atom is -0.306 e. The van der Waals surface area contributed by atoms with Gasteiger partial charge in [0.2, 0.25) is 0 Å². The molecule has 2 rings (SSSR count). The third-order valence-electron chi connectivity index (χ3n) is 4.34. The lowest BCUT2D eigenvalue weighted by molar-refractivity contribution is 0.172. The van der Waals surface area contributed by atoms with E-state index in [0.29, 0.717) is 0 Å². The number of fused-ring (bicyclic) bond motifs is 2. The second kappa shape index (κ2) is 4.69. The summed E-state index contributed by atoms with van der Waals surface area (Å²) in [5.74, 6) is 2.77. The van der Waals surface area contributed by atoms with Crippen LogP contribution in [-0.2, 0) is 0 Å². The molecule has 0 aromatic heterocycles. The fourth-order valence-electron chi connectivity index (χ4n) is 3.53. The molecule has 0 saturated heterocycles. The van der Waals surface area contributed by atoms with Crippen molar-refractivity contribution in [2.24, 2.45) is 17.8 Å². The summed E-state index contributed by atoms with van der Waals surface area (Å²) in [4.78, 5) is 2.47. The van der Waals surface area contributed by atoms with Crippen molar-refractivity contribution in [1.82, 2.24) is 4.90 Å². The van der Waals surface area contributed by atoms with Gasteiger partial charge in [0.15, 0.2) is 0 Å². The Morgan fingerprint density at radius 1 is 1.27 bits per heavy atom. The van der Waals surface area contributed by atoms with Crippen molar-refractivity contribution in [2.45, 2.75) is 45.1 Å². The summed E-state index contributed by atoms with van der Waals surface area (Å²) in [6.45, 7) is 2.30. The minimum absolute atomic E-state index is 0.824. The highest BCUT2D eigenvalue weighted by Crippen LogP contribution is 2.46. The van der Waals surface area contributed by atoms with Gasteiger partial charge in [-0.15, -0.1) is 0 Å². The van der Waals surface area contributed by atoms with Crippen LogP contribution in [0.5, 0.6) is 0 Å². The molecule has 0 spiro atoms. The second-order valence-corrected chi connectivity index (χ2v) is 5.62. The van der Waals surface area contributed by atoms with E-state index in [1.165, 1.54) is 32.1 Å². The maximum atomic E-state index is 2.49. The topological polar surface area (TPSA) is 3.24 Å². The van der Waals surface area contributed by atoms with Crippen LogP contribution in [0.2, 0.25) is 0 Å². The zero-order chi connectivity index (χ0) is 10.8. The van der Waals surface area contributed by atoms with Crippen LogP contribution in [-0.4, -0.2) is 25.0 Å². The van der Waals surface area contributed by atoms with Crippen LogP contribution in [0.4, 0.5) is 0 Å². The number of nitrogens with zero attached hydrogens (tertiary/aromatic N) is 1. The van der Waals surface area contributed by atoms with Crippen LogP contribution < -0.4 is 0 Å². The first-order chi connectivity index (χ1) is 7.22. The summed E-state index contributed by atoms with van der Waals surface area (Å²) >= 11 is 0. The third kappa shape index (κ3) is 2.28. The Bertz CT molecular complexity index is 231. The molecule has 4 atom stereocenters. The number of hydrogen-bond donors (Lipinski definition) is 0. The van der Waals surface area contributed by atoms with Crippen molar-refractivity contribution < 1.29 is 0 Å². The highest BCUT2D eigenvalue weighted by atomic mass is 15.1. The minimum atomic E-state index is 0.824. The van der Waals surface area contributed by atoms with Gasteiger partial charge >= 0.3 is 0 Å². The molecule has 0 aromatic rings. The van der Waals surface area contributed by atoms with Crippen molar-refractivity contribution >= 4 is 0 Å². The van der Waals surface area contributed by atoms with Crippen molar-refractivity contribution in [1.29, 1.82) is 0 Å². The van der Waals surface area contributed by atoms with Gasteiger partial charge < -0.3 is 4.90 Å². The molecular formula is C14H25N. The first-order valence-electron chi connectivity index (χ1n) is 6.57.